The summed E-state index contributed by atoms with van der Waals surface area (Å²) in [7, 11) is 0. The van der Waals surface area contributed by atoms with Gasteiger partial charge in [0.1, 0.15) is 5.60 Å². The molecule has 3 rings (SSSR count). The highest BCUT2D eigenvalue weighted by molar-refractivity contribution is 5.89. The monoisotopic (exact) mass is 419 g/mol. The molecule has 30 heavy (non-hydrogen) atoms. The van der Waals surface area contributed by atoms with Crippen molar-refractivity contribution in [2.24, 2.45) is 0 Å². The Morgan fingerprint density at radius 3 is 2.37 bits per heavy atom. The maximum absolute atomic E-state index is 13.6. The van der Waals surface area contributed by atoms with Gasteiger partial charge in [-0.15, -0.1) is 0 Å². The molecule has 0 aliphatic carbocycles. The van der Waals surface area contributed by atoms with Crippen molar-refractivity contribution in [3.63, 3.8) is 0 Å². The fraction of sp³-hybridized carbons (Fsp3) is 0.417. The zero-order chi connectivity index (χ0) is 21.9. The molecule has 2 aromatic carbocycles. The Morgan fingerprint density at radius 2 is 1.77 bits per heavy atom. The van der Waals surface area contributed by atoms with Crippen LogP contribution in [0.1, 0.15) is 50.4 Å². The number of H-pyrrole nitrogens is 1. The van der Waals surface area contributed by atoms with Crippen LogP contribution in [0.15, 0.2) is 42.5 Å². The Morgan fingerprint density at radius 1 is 1.03 bits per heavy atom. The highest BCUT2D eigenvalue weighted by atomic mass is 19.4. The van der Waals surface area contributed by atoms with Crippen LogP contribution in [-0.4, -0.2) is 23.3 Å². The minimum atomic E-state index is -4.42. The maximum Gasteiger partial charge on any atom is 0.417 e. The number of aromatic nitrogens is 1. The largest absolute Gasteiger partial charge is 0.417 e. The van der Waals surface area contributed by atoms with Gasteiger partial charge in [-0.25, -0.2) is 0 Å². The summed E-state index contributed by atoms with van der Waals surface area (Å²) in [5.74, 6) is 0. The van der Waals surface area contributed by atoms with Crippen LogP contribution in [0.2, 0.25) is 0 Å². The molecule has 3 aromatic rings. The number of rotatable bonds is 8. The first-order valence-corrected chi connectivity index (χ1v) is 10.4. The highest BCUT2D eigenvalue weighted by Crippen LogP contribution is 2.40. The van der Waals surface area contributed by atoms with Gasteiger partial charge in [-0.3, -0.25) is 0 Å². The van der Waals surface area contributed by atoms with Gasteiger partial charge in [0.05, 0.1) is 5.56 Å². The fourth-order valence-corrected chi connectivity index (χ4v) is 4.19. The summed E-state index contributed by atoms with van der Waals surface area (Å²) >= 11 is 0. The van der Waals surface area contributed by atoms with Gasteiger partial charge in [0.25, 0.3) is 0 Å². The molecule has 0 fully saturated rings. The Kier molecular flexibility index (Phi) is 6.58. The standard InChI is InChI=1S/C24H28F3NO2/c1-4-16-13-17(19-9-7-8-10-20(19)24(25,26)27)14-18-15-21(28-22(16)18)23(5-2,11-12-29)30-6-3/h7-10,13-15,28-29H,4-6,11-12H2,1-3H3. The summed E-state index contributed by atoms with van der Waals surface area (Å²) in [6, 6.07) is 11.2. The second-order valence-electron chi connectivity index (χ2n) is 7.43. The summed E-state index contributed by atoms with van der Waals surface area (Å²) in [4.78, 5) is 3.44. The predicted molar refractivity (Wildman–Crippen MR) is 113 cm³/mol. The number of halogens is 3. The molecule has 3 nitrogen and oxygen atoms in total. The number of ether oxygens (including phenoxy) is 1. The molecule has 6 heteroatoms. The van der Waals surface area contributed by atoms with Crippen molar-refractivity contribution in [3.8, 4) is 11.1 Å². The molecular formula is C24H28F3NO2. The van der Waals surface area contributed by atoms with Crippen LogP contribution >= 0.6 is 0 Å². The first-order valence-electron chi connectivity index (χ1n) is 10.4. The second kappa shape index (κ2) is 8.82. The van der Waals surface area contributed by atoms with E-state index in [0.29, 0.717) is 31.4 Å². The molecule has 0 aliphatic heterocycles. The Labute approximate surface area is 174 Å². The van der Waals surface area contributed by atoms with Crippen LogP contribution in [-0.2, 0) is 22.9 Å². The van der Waals surface area contributed by atoms with Crippen LogP contribution in [0.3, 0.4) is 0 Å². The molecule has 0 amide bonds. The number of aryl methyl sites for hydroxylation is 1. The van der Waals surface area contributed by atoms with E-state index in [-0.39, 0.29) is 12.2 Å². The lowest BCUT2D eigenvalue weighted by Crippen LogP contribution is -2.31. The fourth-order valence-electron chi connectivity index (χ4n) is 4.19. The molecule has 0 bridgehead atoms. The van der Waals surface area contributed by atoms with E-state index in [1.54, 1.807) is 12.1 Å². The Hall–Kier alpha value is -2.31. The van der Waals surface area contributed by atoms with Crippen LogP contribution in [0.5, 0.6) is 0 Å². The molecule has 0 spiro atoms. The Bertz CT molecular complexity index is 1000. The normalized spacial score (nSPS) is 14.2. The maximum atomic E-state index is 13.6. The van der Waals surface area contributed by atoms with Crippen molar-refractivity contribution in [1.29, 1.82) is 0 Å². The van der Waals surface area contributed by atoms with Crippen molar-refractivity contribution in [2.75, 3.05) is 13.2 Å². The number of fused-ring (bicyclic) bond motifs is 1. The van der Waals surface area contributed by atoms with E-state index in [9.17, 15) is 18.3 Å². The third-order valence-electron chi connectivity index (χ3n) is 5.73. The molecule has 1 heterocycles. The van der Waals surface area contributed by atoms with Crippen molar-refractivity contribution in [1.82, 2.24) is 4.98 Å². The molecule has 1 atom stereocenters. The zero-order valence-electron chi connectivity index (χ0n) is 17.6. The average molecular weight is 419 g/mol. The number of aliphatic hydroxyl groups excluding tert-OH is 1. The van der Waals surface area contributed by atoms with Crippen LogP contribution in [0.4, 0.5) is 13.2 Å². The van der Waals surface area contributed by atoms with E-state index in [0.717, 1.165) is 28.2 Å². The molecule has 162 valence electrons. The molecule has 0 saturated heterocycles. The van der Waals surface area contributed by atoms with Crippen molar-refractivity contribution < 1.29 is 23.0 Å². The van der Waals surface area contributed by atoms with E-state index < -0.39 is 17.3 Å². The summed E-state index contributed by atoms with van der Waals surface area (Å²) in [6.45, 7) is 6.37. The van der Waals surface area contributed by atoms with Crippen molar-refractivity contribution >= 4 is 10.9 Å². The van der Waals surface area contributed by atoms with Gasteiger partial charge < -0.3 is 14.8 Å². The molecular weight excluding hydrogens is 391 g/mol. The first kappa shape index (κ1) is 22.4. The molecule has 0 radical (unpaired) electrons. The van der Waals surface area contributed by atoms with Gasteiger partial charge in [0.15, 0.2) is 0 Å². The topological polar surface area (TPSA) is 45.2 Å². The lowest BCUT2D eigenvalue weighted by Gasteiger charge is -2.31. The van der Waals surface area contributed by atoms with Gasteiger partial charge in [0, 0.05) is 36.2 Å². The van der Waals surface area contributed by atoms with Gasteiger partial charge in [-0.05, 0) is 60.7 Å². The summed E-state index contributed by atoms with van der Waals surface area (Å²) in [6.07, 6.45) is -2.64. The van der Waals surface area contributed by atoms with Crippen LogP contribution in [0.25, 0.3) is 22.0 Å². The highest BCUT2D eigenvalue weighted by Gasteiger charge is 2.34. The first-order chi connectivity index (χ1) is 14.3. The number of aliphatic hydroxyl groups is 1. The van der Waals surface area contributed by atoms with Gasteiger partial charge >= 0.3 is 6.18 Å². The molecule has 0 saturated carbocycles. The number of benzene rings is 2. The second-order valence-corrected chi connectivity index (χ2v) is 7.43. The SMILES string of the molecule is CCOC(CC)(CCO)c1cc2cc(-c3ccccc3C(F)(F)F)cc(CC)c2[nH]1. The lowest BCUT2D eigenvalue weighted by molar-refractivity contribution is -0.137. The quantitative estimate of drug-likeness (QED) is 0.441. The number of alkyl halides is 3. The van der Waals surface area contributed by atoms with Crippen molar-refractivity contribution in [3.05, 3.63) is 59.3 Å². The number of hydrogen-bond donors (Lipinski definition) is 2. The number of aromatic amines is 1. The minimum Gasteiger partial charge on any atom is -0.396 e. The summed E-state index contributed by atoms with van der Waals surface area (Å²) in [5.41, 5.74) is 2.10. The minimum absolute atomic E-state index is 0.0198. The third-order valence-corrected chi connectivity index (χ3v) is 5.73. The van der Waals surface area contributed by atoms with E-state index in [2.05, 4.69) is 4.98 Å². The summed E-state index contributed by atoms with van der Waals surface area (Å²) in [5, 5.41) is 10.4. The third kappa shape index (κ3) is 4.12. The average Bonchev–Trinajstić information content (AvgIpc) is 3.17. The van der Waals surface area contributed by atoms with E-state index in [1.165, 1.54) is 12.1 Å². The lowest BCUT2D eigenvalue weighted by atomic mass is 9.92. The smallest absolute Gasteiger partial charge is 0.396 e. The summed E-state index contributed by atoms with van der Waals surface area (Å²) < 4.78 is 46.7. The molecule has 2 N–H and O–H groups in total. The Balaban J connectivity index is 2.21. The molecule has 0 aliphatic rings. The predicted octanol–water partition coefficient (Wildman–Crippen LogP) is 6.44. The van der Waals surface area contributed by atoms with Gasteiger partial charge in [-0.1, -0.05) is 32.0 Å². The van der Waals surface area contributed by atoms with E-state index in [4.69, 9.17) is 4.74 Å². The van der Waals surface area contributed by atoms with Crippen LogP contribution in [0, 0.1) is 0 Å². The van der Waals surface area contributed by atoms with E-state index in [1.807, 2.05) is 32.9 Å². The molecule has 1 aromatic heterocycles. The molecule has 1 unspecified atom stereocenters. The van der Waals surface area contributed by atoms with Gasteiger partial charge in [0.2, 0.25) is 0 Å². The zero-order valence-corrected chi connectivity index (χ0v) is 17.6. The van der Waals surface area contributed by atoms with Crippen molar-refractivity contribution in [2.45, 2.75) is 51.8 Å². The van der Waals surface area contributed by atoms with Crippen LogP contribution < -0.4 is 0 Å². The van der Waals surface area contributed by atoms with E-state index >= 15 is 0 Å². The number of nitrogens with one attached hydrogen (secondary N) is 1. The number of hydrogen-bond acceptors (Lipinski definition) is 2. The van der Waals surface area contributed by atoms with Gasteiger partial charge in [-0.2, -0.15) is 13.2 Å².